The number of nitrogens with one attached hydrogen (secondary N) is 2. The van der Waals surface area contributed by atoms with Crippen molar-refractivity contribution < 1.29 is 28.6 Å². The van der Waals surface area contributed by atoms with Gasteiger partial charge in [-0.2, -0.15) is 0 Å². The van der Waals surface area contributed by atoms with Gasteiger partial charge in [-0.1, -0.05) is 12.1 Å². The number of fused-ring (bicyclic) bond motifs is 2. The topological polar surface area (TPSA) is 148 Å². The number of halogens is 1. The zero-order valence-electron chi connectivity index (χ0n) is 25.5. The number of hydrogen-bond donors (Lipinski definition) is 3. The second-order valence-corrected chi connectivity index (χ2v) is 12.4. The number of carbonyl (C=O) groups is 3. The number of benzene rings is 1. The highest BCUT2D eigenvalue weighted by Gasteiger charge is 2.49. The molecule has 1 saturated carbocycles. The molecule has 2 aromatic heterocycles. The predicted molar refractivity (Wildman–Crippen MR) is 160 cm³/mol. The molecule has 3 N–H and O–H groups in total. The van der Waals surface area contributed by atoms with Crippen LogP contribution in [0.4, 0.5) is 4.39 Å². The standard InChI is InChI=1S/C32H37FN6O6/c1-18-13-20(6-7-22(18)33)15-34-28(42)25-26(40)30(44)39-16-19-8-10-32(11-9-19,31(39)35-25)36-27(41)24-14-21(45-3)17-38(24)29(43)23-5-4-12-37(23)2/h4-7,12-13,19,21,24,40H,8-11,14-17H2,1-3H3,(H,34,42)(H,36,41)/t19?,21-,24-,32?/m1/s1. The van der Waals surface area contributed by atoms with Gasteiger partial charge in [0.2, 0.25) is 11.7 Å². The molecule has 4 aliphatic rings. The van der Waals surface area contributed by atoms with Gasteiger partial charge >= 0.3 is 0 Å². The Bertz CT molecular complexity index is 1730. The number of nitrogens with zero attached hydrogens (tertiary/aromatic N) is 4. The van der Waals surface area contributed by atoms with Crippen LogP contribution in [0.15, 0.2) is 41.3 Å². The third-order valence-electron chi connectivity index (χ3n) is 9.55. The summed E-state index contributed by atoms with van der Waals surface area (Å²) in [5.41, 5.74) is -0.789. The molecule has 13 heteroatoms. The van der Waals surface area contributed by atoms with Crippen molar-refractivity contribution in [2.24, 2.45) is 13.0 Å². The number of rotatable bonds is 7. The first-order valence-corrected chi connectivity index (χ1v) is 15.2. The Hall–Kier alpha value is -4.52. The van der Waals surface area contributed by atoms with Gasteiger partial charge in [-0.05, 0) is 67.9 Å². The summed E-state index contributed by atoms with van der Waals surface area (Å²) in [4.78, 5) is 60.5. The molecule has 0 spiro atoms. The molecule has 3 aliphatic heterocycles. The van der Waals surface area contributed by atoms with E-state index in [0.29, 0.717) is 55.5 Å². The Morgan fingerprint density at radius 3 is 2.60 bits per heavy atom. The summed E-state index contributed by atoms with van der Waals surface area (Å²) in [7, 11) is 3.31. The van der Waals surface area contributed by atoms with Crippen LogP contribution in [-0.2, 0) is 35.2 Å². The van der Waals surface area contributed by atoms with Crippen molar-refractivity contribution in [2.45, 2.75) is 69.8 Å². The number of carbonyl (C=O) groups excluding carboxylic acids is 3. The average Bonchev–Trinajstić information content (AvgIpc) is 3.60. The first kappa shape index (κ1) is 30.5. The number of aromatic hydroxyl groups is 1. The van der Waals surface area contributed by atoms with Crippen molar-refractivity contribution in [2.75, 3.05) is 13.7 Å². The van der Waals surface area contributed by atoms with Gasteiger partial charge in [-0.15, -0.1) is 0 Å². The minimum absolute atomic E-state index is 0.0246. The van der Waals surface area contributed by atoms with Crippen LogP contribution in [0.2, 0.25) is 0 Å². The molecule has 2 atom stereocenters. The predicted octanol–water partition coefficient (Wildman–Crippen LogP) is 2.11. The van der Waals surface area contributed by atoms with Crippen LogP contribution in [0.1, 0.15) is 70.0 Å². The maximum atomic E-state index is 14.1. The lowest BCUT2D eigenvalue weighted by atomic mass is 9.77. The normalized spacial score (nSPS) is 23.8. The molecule has 5 heterocycles. The van der Waals surface area contributed by atoms with Crippen LogP contribution in [0.5, 0.6) is 5.75 Å². The summed E-state index contributed by atoms with van der Waals surface area (Å²) in [6, 6.07) is 7.07. The van der Waals surface area contributed by atoms with E-state index in [1.165, 1.54) is 21.6 Å². The Kier molecular flexibility index (Phi) is 7.98. The molecule has 1 aromatic carbocycles. The largest absolute Gasteiger partial charge is 0.501 e. The number of methoxy groups -OCH3 is 1. The van der Waals surface area contributed by atoms with E-state index >= 15 is 0 Å². The van der Waals surface area contributed by atoms with E-state index in [2.05, 4.69) is 15.6 Å². The molecule has 2 fully saturated rings. The minimum Gasteiger partial charge on any atom is -0.501 e. The number of ether oxygens (including phenoxy) is 1. The SMILES string of the molecule is CO[C@@H]1C[C@H](C(=O)NC23CCC(CC2)Cn2c3nc(C(=O)NCc3ccc(F)c(C)c3)c(O)c2=O)N(C(=O)c2cccn2C)C1. The lowest BCUT2D eigenvalue weighted by molar-refractivity contribution is -0.127. The summed E-state index contributed by atoms with van der Waals surface area (Å²) in [6.07, 6.45) is 4.07. The van der Waals surface area contributed by atoms with Crippen molar-refractivity contribution in [3.05, 3.63) is 81.0 Å². The zero-order chi connectivity index (χ0) is 32.0. The fourth-order valence-corrected chi connectivity index (χ4v) is 6.93. The fraction of sp³-hybridized carbons (Fsp3) is 0.469. The third kappa shape index (κ3) is 5.49. The maximum absolute atomic E-state index is 14.1. The van der Waals surface area contributed by atoms with Crippen LogP contribution >= 0.6 is 0 Å². The molecule has 1 saturated heterocycles. The number of likely N-dealkylation sites (tertiary alicyclic amines) is 1. The van der Waals surface area contributed by atoms with Gasteiger partial charge in [-0.25, -0.2) is 9.37 Å². The van der Waals surface area contributed by atoms with E-state index in [-0.39, 0.29) is 42.7 Å². The van der Waals surface area contributed by atoms with Crippen LogP contribution in [0.3, 0.4) is 0 Å². The van der Waals surface area contributed by atoms with Crippen molar-refractivity contribution in [3.8, 4) is 5.75 Å². The quantitative estimate of drug-likeness (QED) is 0.367. The lowest BCUT2D eigenvalue weighted by Gasteiger charge is -2.38. The molecular weight excluding hydrogens is 583 g/mol. The molecule has 1 aliphatic carbocycles. The lowest BCUT2D eigenvalue weighted by Crippen LogP contribution is -2.55. The smallest absolute Gasteiger partial charge is 0.296 e. The van der Waals surface area contributed by atoms with Crippen LogP contribution in [0.25, 0.3) is 0 Å². The second kappa shape index (κ2) is 11.8. The molecule has 238 valence electrons. The van der Waals surface area contributed by atoms with E-state index in [4.69, 9.17) is 4.74 Å². The van der Waals surface area contributed by atoms with E-state index in [9.17, 15) is 28.7 Å². The van der Waals surface area contributed by atoms with Gasteiger partial charge in [-0.3, -0.25) is 23.7 Å². The molecule has 3 amide bonds. The maximum Gasteiger partial charge on any atom is 0.296 e. The van der Waals surface area contributed by atoms with E-state index < -0.39 is 40.4 Å². The summed E-state index contributed by atoms with van der Waals surface area (Å²) in [5.74, 6) is -2.25. The number of amides is 3. The number of aryl methyl sites for hydroxylation is 2. The highest BCUT2D eigenvalue weighted by atomic mass is 19.1. The first-order chi connectivity index (χ1) is 21.5. The Morgan fingerprint density at radius 1 is 1.18 bits per heavy atom. The minimum atomic E-state index is -1.09. The summed E-state index contributed by atoms with van der Waals surface area (Å²) in [5, 5.41) is 16.7. The molecule has 45 heavy (non-hydrogen) atoms. The van der Waals surface area contributed by atoms with Gasteiger partial charge in [0.15, 0.2) is 5.69 Å². The van der Waals surface area contributed by atoms with Gasteiger partial charge < -0.3 is 29.9 Å². The molecule has 2 bridgehead atoms. The Labute approximate surface area is 259 Å². The van der Waals surface area contributed by atoms with Crippen LogP contribution < -0.4 is 16.2 Å². The number of hydrogen-bond acceptors (Lipinski definition) is 7. The molecule has 0 radical (unpaired) electrons. The molecule has 7 rings (SSSR count). The Morgan fingerprint density at radius 2 is 1.93 bits per heavy atom. The third-order valence-corrected chi connectivity index (χ3v) is 9.55. The summed E-state index contributed by atoms with van der Waals surface area (Å²) < 4.78 is 22.3. The summed E-state index contributed by atoms with van der Waals surface area (Å²) >= 11 is 0. The Balaban J connectivity index is 1.31. The molecule has 3 aromatic rings. The average molecular weight is 621 g/mol. The van der Waals surface area contributed by atoms with E-state index in [1.807, 2.05) is 0 Å². The first-order valence-electron chi connectivity index (χ1n) is 15.2. The van der Waals surface area contributed by atoms with Crippen molar-refractivity contribution in [1.29, 1.82) is 0 Å². The molecule has 0 unspecified atom stereocenters. The highest BCUT2D eigenvalue weighted by Crippen LogP contribution is 2.43. The molecule has 12 nitrogen and oxygen atoms in total. The van der Waals surface area contributed by atoms with E-state index in [0.717, 1.165) is 0 Å². The van der Waals surface area contributed by atoms with Gasteiger partial charge in [0.05, 0.1) is 11.6 Å². The van der Waals surface area contributed by atoms with Crippen LogP contribution in [-0.4, -0.2) is 67.6 Å². The second-order valence-electron chi connectivity index (χ2n) is 12.4. The molecular formula is C32H37FN6O6. The van der Waals surface area contributed by atoms with E-state index in [1.54, 1.807) is 50.0 Å². The van der Waals surface area contributed by atoms with Crippen molar-refractivity contribution in [3.63, 3.8) is 0 Å². The highest BCUT2D eigenvalue weighted by molar-refractivity contribution is 5.97. The fourth-order valence-electron chi connectivity index (χ4n) is 6.93. The number of aromatic nitrogens is 3. The van der Waals surface area contributed by atoms with Crippen molar-refractivity contribution >= 4 is 17.7 Å². The van der Waals surface area contributed by atoms with Gasteiger partial charge in [0.1, 0.15) is 23.4 Å². The summed E-state index contributed by atoms with van der Waals surface area (Å²) in [6.45, 7) is 2.18. The van der Waals surface area contributed by atoms with Gasteiger partial charge in [0.25, 0.3) is 17.4 Å². The van der Waals surface area contributed by atoms with Crippen molar-refractivity contribution in [1.82, 2.24) is 29.7 Å². The monoisotopic (exact) mass is 620 g/mol. The van der Waals surface area contributed by atoms with Crippen LogP contribution in [0, 0.1) is 18.7 Å². The zero-order valence-corrected chi connectivity index (χ0v) is 25.5. The van der Waals surface area contributed by atoms with Gasteiger partial charge in [0, 0.05) is 46.4 Å².